The predicted molar refractivity (Wildman–Crippen MR) is 57.1 cm³/mol. The molecule has 5 heteroatoms. The molecule has 4 N–H and O–H groups in total. The van der Waals surface area contributed by atoms with Crippen molar-refractivity contribution in [3.8, 4) is 11.5 Å². The number of halogens is 2. The first-order valence-corrected chi connectivity index (χ1v) is 5.44. The highest BCUT2D eigenvalue weighted by Gasteiger charge is 2.39. The Balaban J connectivity index is 2.61. The number of nitrogens with two attached hydrogens (primary N) is 1. The average Bonchev–Trinajstić information content (AvgIpc) is 2.11. The molecule has 0 radical (unpaired) electrons. The summed E-state index contributed by atoms with van der Waals surface area (Å²) in [5, 5.41) is 18.7. The third-order valence-electron chi connectivity index (χ3n) is 2.92. The maximum atomic E-state index is 13.6. The number of hydrogen-bond acceptors (Lipinski definition) is 3. The van der Waals surface area contributed by atoms with Crippen molar-refractivity contribution in [1.82, 2.24) is 0 Å². The van der Waals surface area contributed by atoms with Gasteiger partial charge in [0.05, 0.1) is 4.47 Å². The van der Waals surface area contributed by atoms with Gasteiger partial charge in [0.15, 0.2) is 11.5 Å². The van der Waals surface area contributed by atoms with Crippen LogP contribution in [0.25, 0.3) is 0 Å². The summed E-state index contributed by atoms with van der Waals surface area (Å²) in [5.74, 6) is -1.42. The summed E-state index contributed by atoms with van der Waals surface area (Å²) >= 11 is 3.06. The first-order chi connectivity index (χ1) is 6.96. The zero-order chi connectivity index (χ0) is 11.2. The van der Waals surface area contributed by atoms with Crippen LogP contribution in [0, 0.1) is 5.82 Å². The van der Waals surface area contributed by atoms with Crippen LogP contribution in [-0.4, -0.2) is 10.2 Å². The summed E-state index contributed by atoms with van der Waals surface area (Å²) in [4.78, 5) is 0. The van der Waals surface area contributed by atoms with Crippen LogP contribution in [0.4, 0.5) is 4.39 Å². The molecular formula is C10H11BrFNO2. The van der Waals surface area contributed by atoms with Crippen molar-refractivity contribution in [2.45, 2.75) is 24.8 Å². The summed E-state index contributed by atoms with van der Waals surface area (Å²) in [6.07, 6.45) is 2.32. The minimum atomic E-state index is -0.714. The molecule has 0 aromatic heterocycles. The minimum Gasteiger partial charge on any atom is -0.504 e. The Kier molecular flexibility index (Phi) is 2.39. The van der Waals surface area contributed by atoms with Crippen molar-refractivity contribution in [2.24, 2.45) is 5.73 Å². The number of phenolic OH excluding ortho intramolecular Hbond substituents is 2. The van der Waals surface area contributed by atoms with Gasteiger partial charge in [-0.15, -0.1) is 0 Å². The zero-order valence-electron chi connectivity index (χ0n) is 7.93. The second kappa shape index (κ2) is 3.35. The Hall–Kier alpha value is -0.810. The van der Waals surface area contributed by atoms with Crippen LogP contribution in [0.3, 0.4) is 0 Å². The van der Waals surface area contributed by atoms with E-state index in [9.17, 15) is 14.6 Å². The zero-order valence-corrected chi connectivity index (χ0v) is 9.51. The first kappa shape index (κ1) is 10.7. The fourth-order valence-corrected chi connectivity index (χ4v) is 2.65. The minimum absolute atomic E-state index is 0.155. The molecular weight excluding hydrogens is 265 g/mol. The van der Waals surface area contributed by atoms with E-state index < -0.39 is 17.1 Å². The largest absolute Gasteiger partial charge is 0.504 e. The lowest BCUT2D eigenvalue weighted by molar-refractivity contribution is 0.242. The van der Waals surface area contributed by atoms with E-state index in [1.165, 1.54) is 0 Å². The molecule has 0 bridgehead atoms. The van der Waals surface area contributed by atoms with Crippen LogP contribution in [-0.2, 0) is 5.54 Å². The molecule has 0 saturated heterocycles. The lowest BCUT2D eigenvalue weighted by atomic mass is 9.72. The highest BCUT2D eigenvalue weighted by Crippen LogP contribution is 2.47. The van der Waals surface area contributed by atoms with Crippen molar-refractivity contribution < 1.29 is 14.6 Å². The molecule has 1 fully saturated rings. The van der Waals surface area contributed by atoms with Gasteiger partial charge in [-0.25, -0.2) is 4.39 Å². The van der Waals surface area contributed by atoms with Gasteiger partial charge >= 0.3 is 0 Å². The number of benzene rings is 1. The molecule has 0 atom stereocenters. The van der Waals surface area contributed by atoms with Crippen molar-refractivity contribution in [1.29, 1.82) is 0 Å². The second-order valence-electron chi connectivity index (χ2n) is 3.92. The smallest absolute Gasteiger partial charge is 0.172 e. The van der Waals surface area contributed by atoms with Crippen molar-refractivity contribution >= 4 is 15.9 Å². The van der Waals surface area contributed by atoms with E-state index in [0.29, 0.717) is 12.8 Å². The monoisotopic (exact) mass is 275 g/mol. The van der Waals surface area contributed by atoms with Gasteiger partial charge in [-0.2, -0.15) is 0 Å². The topological polar surface area (TPSA) is 66.5 Å². The molecule has 1 aliphatic rings. The lowest BCUT2D eigenvalue weighted by Gasteiger charge is -2.39. The van der Waals surface area contributed by atoms with Gasteiger partial charge in [-0.1, -0.05) is 0 Å². The van der Waals surface area contributed by atoms with E-state index >= 15 is 0 Å². The van der Waals surface area contributed by atoms with Gasteiger partial charge in [0, 0.05) is 17.2 Å². The fraction of sp³-hybridized carbons (Fsp3) is 0.400. The van der Waals surface area contributed by atoms with Gasteiger partial charge < -0.3 is 15.9 Å². The molecule has 0 amide bonds. The van der Waals surface area contributed by atoms with Crippen LogP contribution in [0.5, 0.6) is 11.5 Å². The average molecular weight is 276 g/mol. The molecule has 0 heterocycles. The quantitative estimate of drug-likeness (QED) is 0.690. The van der Waals surface area contributed by atoms with E-state index in [2.05, 4.69) is 15.9 Å². The van der Waals surface area contributed by atoms with Gasteiger partial charge in [0.25, 0.3) is 0 Å². The summed E-state index contributed by atoms with van der Waals surface area (Å²) in [7, 11) is 0. The number of aromatic hydroxyl groups is 2. The molecule has 3 nitrogen and oxygen atoms in total. The van der Waals surface area contributed by atoms with E-state index in [0.717, 1.165) is 12.5 Å². The Morgan fingerprint density at radius 3 is 2.47 bits per heavy atom. The van der Waals surface area contributed by atoms with E-state index in [4.69, 9.17) is 5.73 Å². The van der Waals surface area contributed by atoms with Crippen LogP contribution in [0.1, 0.15) is 24.8 Å². The van der Waals surface area contributed by atoms with Crippen molar-refractivity contribution in [3.63, 3.8) is 0 Å². The van der Waals surface area contributed by atoms with Crippen molar-refractivity contribution in [2.75, 3.05) is 0 Å². The summed E-state index contributed by atoms with van der Waals surface area (Å²) < 4.78 is 13.8. The summed E-state index contributed by atoms with van der Waals surface area (Å²) in [5.41, 5.74) is 5.52. The third-order valence-corrected chi connectivity index (χ3v) is 3.69. The Morgan fingerprint density at radius 2 is 2.00 bits per heavy atom. The Morgan fingerprint density at radius 1 is 1.40 bits per heavy atom. The normalized spacial score (nSPS) is 18.6. The first-order valence-electron chi connectivity index (χ1n) is 4.65. The number of rotatable bonds is 1. The maximum absolute atomic E-state index is 13.6. The summed E-state index contributed by atoms with van der Waals surface area (Å²) in [6.45, 7) is 0. The van der Waals surface area contributed by atoms with Crippen LogP contribution < -0.4 is 5.73 Å². The van der Waals surface area contributed by atoms with E-state index in [-0.39, 0.29) is 15.8 Å². The van der Waals surface area contributed by atoms with Gasteiger partial charge in [0.2, 0.25) is 0 Å². The van der Waals surface area contributed by atoms with E-state index in [1.807, 2.05) is 0 Å². The lowest BCUT2D eigenvalue weighted by Crippen LogP contribution is -2.44. The molecule has 1 aromatic carbocycles. The van der Waals surface area contributed by atoms with Crippen LogP contribution in [0.2, 0.25) is 0 Å². The Bertz CT molecular complexity index is 418. The highest BCUT2D eigenvalue weighted by atomic mass is 79.9. The molecule has 1 aliphatic carbocycles. The Labute approximate surface area is 94.8 Å². The molecule has 0 aliphatic heterocycles. The standard InChI is InChI=1S/C10H11BrFNO2/c11-8-7(10(13)2-1-3-10)5(12)4-6(14)9(8)15/h4,14-15H,1-3,13H2. The third kappa shape index (κ3) is 1.50. The van der Waals surface area contributed by atoms with Gasteiger partial charge in [-0.05, 0) is 35.2 Å². The molecule has 1 saturated carbocycles. The molecule has 1 aromatic rings. The van der Waals surface area contributed by atoms with Gasteiger partial charge in [-0.3, -0.25) is 0 Å². The molecule has 0 spiro atoms. The molecule has 0 unspecified atom stereocenters. The fourth-order valence-electron chi connectivity index (χ4n) is 1.86. The van der Waals surface area contributed by atoms with Crippen LogP contribution in [0.15, 0.2) is 10.5 Å². The maximum Gasteiger partial charge on any atom is 0.172 e. The molecule has 82 valence electrons. The van der Waals surface area contributed by atoms with Crippen LogP contribution >= 0.6 is 15.9 Å². The van der Waals surface area contributed by atoms with Gasteiger partial charge in [0.1, 0.15) is 5.82 Å². The summed E-state index contributed by atoms with van der Waals surface area (Å²) in [6, 6.07) is 0.891. The SMILES string of the molecule is NC1(c2c(F)cc(O)c(O)c2Br)CCC1. The number of phenols is 2. The van der Waals surface area contributed by atoms with Crippen molar-refractivity contribution in [3.05, 3.63) is 21.9 Å². The second-order valence-corrected chi connectivity index (χ2v) is 4.72. The number of hydrogen-bond donors (Lipinski definition) is 3. The molecule has 2 rings (SSSR count). The predicted octanol–water partition coefficient (Wildman–Crippen LogP) is 2.34. The molecule has 15 heavy (non-hydrogen) atoms. The highest BCUT2D eigenvalue weighted by molar-refractivity contribution is 9.10. The van der Waals surface area contributed by atoms with E-state index in [1.54, 1.807) is 0 Å².